The van der Waals surface area contributed by atoms with Gasteiger partial charge in [-0.2, -0.15) is 0 Å². The van der Waals surface area contributed by atoms with Crippen LogP contribution in [0.4, 0.5) is 0 Å². The van der Waals surface area contributed by atoms with Gasteiger partial charge in [-0.1, -0.05) is 49.6 Å². The zero-order valence-electron chi connectivity index (χ0n) is 13.7. The van der Waals surface area contributed by atoms with E-state index in [0.717, 1.165) is 19.3 Å². The fraction of sp³-hybridized carbons (Fsp3) is 0.579. The monoisotopic (exact) mass is 314 g/mol. The molecule has 1 saturated carbocycles. The van der Waals surface area contributed by atoms with Crippen molar-refractivity contribution in [1.29, 1.82) is 0 Å². The lowest BCUT2D eigenvalue weighted by atomic mass is 9.93. The molecule has 1 heterocycles. The molecule has 1 unspecified atom stereocenters. The maximum Gasteiger partial charge on any atom is 0.242 e. The third-order valence-corrected chi connectivity index (χ3v) is 5.08. The van der Waals surface area contributed by atoms with Crippen LogP contribution in [0.5, 0.6) is 0 Å². The second kappa shape index (κ2) is 7.62. The van der Waals surface area contributed by atoms with Crippen molar-refractivity contribution in [3.8, 4) is 0 Å². The summed E-state index contributed by atoms with van der Waals surface area (Å²) >= 11 is 0. The van der Waals surface area contributed by atoms with E-state index in [-0.39, 0.29) is 23.9 Å². The average molecular weight is 314 g/mol. The van der Waals surface area contributed by atoms with Crippen molar-refractivity contribution < 1.29 is 9.59 Å². The van der Waals surface area contributed by atoms with Gasteiger partial charge >= 0.3 is 0 Å². The van der Waals surface area contributed by atoms with Gasteiger partial charge in [0.05, 0.1) is 0 Å². The minimum Gasteiger partial charge on any atom is -0.354 e. The van der Waals surface area contributed by atoms with Gasteiger partial charge in [0.15, 0.2) is 0 Å². The molecule has 1 aliphatic heterocycles. The Bertz CT molecular complexity index is 538. The number of likely N-dealkylation sites (tertiary alicyclic amines) is 1. The molecule has 3 rings (SSSR count). The van der Waals surface area contributed by atoms with E-state index in [4.69, 9.17) is 0 Å². The molecule has 4 heteroatoms. The maximum absolute atomic E-state index is 12.5. The largest absolute Gasteiger partial charge is 0.354 e. The summed E-state index contributed by atoms with van der Waals surface area (Å²) in [5, 5.41) is 3.03. The molecule has 1 saturated heterocycles. The van der Waals surface area contributed by atoms with E-state index in [2.05, 4.69) is 17.4 Å². The fourth-order valence-corrected chi connectivity index (χ4v) is 3.87. The molecule has 1 aliphatic carbocycles. The molecule has 0 bridgehead atoms. The van der Waals surface area contributed by atoms with Crippen LogP contribution in [0.25, 0.3) is 0 Å². The average Bonchev–Trinajstić information content (AvgIpc) is 2.98. The van der Waals surface area contributed by atoms with Gasteiger partial charge in [0.2, 0.25) is 11.8 Å². The minimum absolute atomic E-state index is 0.0253. The van der Waals surface area contributed by atoms with Crippen LogP contribution in [0.15, 0.2) is 30.3 Å². The Hall–Kier alpha value is -1.84. The second-order valence-electron chi connectivity index (χ2n) is 6.67. The van der Waals surface area contributed by atoms with Crippen LogP contribution < -0.4 is 5.32 Å². The molecule has 1 N–H and O–H groups in total. The lowest BCUT2D eigenvalue weighted by molar-refractivity contribution is -0.138. The zero-order valence-corrected chi connectivity index (χ0v) is 13.7. The molecule has 1 aromatic carbocycles. The second-order valence-corrected chi connectivity index (χ2v) is 6.67. The van der Waals surface area contributed by atoms with Gasteiger partial charge in [-0.15, -0.1) is 0 Å². The molecule has 2 amide bonds. The highest BCUT2D eigenvalue weighted by atomic mass is 16.2. The summed E-state index contributed by atoms with van der Waals surface area (Å²) in [6.45, 7) is 0.631. The van der Waals surface area contributed by atoms with Crippen molar-refractivity contribution in [2.45, 2.75) is 63.5 Å². The van der Waals surface area contributed by atoms with E-state index in [1.165, 1.54) is 24.8 Å². The Morgan fingerprint density at radius 1 is 1.09 bits per heavy atom. The Morgan fingerprint density at radius 3 is 2.57 bits per heavy atom. The number of rotatable bonds is 5. The van der Waals surface area contributed by atoms with Gasteiger partial charge in [-0.05, 0) is 31.2 Å². The van der Waals surface area contributed by atoms with Crippen molar-refractivity contribution >= 4 is 11.8 Å². The molecule has 0 spiro atoms. The van der Waals surface area contributed by atoms with Gasteiger partial charge in [0.1, 0.15) is 6.04 Å². The number of amides is 2. The Kier molecular flexibility index (Phi) is 5.31. The Morgan fingerprint density at radius 2 is 1.83 bits per heavy atom. The molecule has 0 radical (unpaired) electrons. The van der Waals surface area contributed by atoms with Crippen LogP contribution >= 0.6 is 0 Å². The molecular formula is C19H26N2O2. The number of hydrogen-bond acceptors (Lipinski definition) is 2. The molecule has 2 fully saturated rings. The normalized spacial score (nSPS) is 22.3. The Balaban J connectivity index is 1.54. The highest BCUT2D eigenvalue weighted by molar-refractivity contribution is 5.91. The third-order valence-electron chi connectivity index (χ3n) is 5.08. The summed E-state index contributed by atoms with van der Waals surface area (Å²) in [6.07, 6.45) is 7.75. The lowest BCUT2D eigenvalue weighted by Crippen LogP contribution is -2.50. The molecule has 1 aromatic rings. The van der Waals surface area contributed by atoms with Crippen LogP contribution in [0.3, 0.4) is 0 Å². The van der Waals surface area contributed by atoms with Gasteiger partial charge in [-0.25, -0.2) is 0 Å². The van der Waals surface area contributed by atoms with E-state index in [1.54, 1.807) is 0 Å². The summed E-state index contributed by atoms with van der Waals surface area (Å²) in [5.74, 6) is 0.192. The smallest absolute Gasteiger partial charge is 0.242 e. The number of carbonyl (C=O) groups excluding carboxylic acids is 2. The summed E-state index contributed by atoms with van der Waals surface area (Å²) < 4.78 is 0. The van der Waals surface area contributed by atoms with E-state index in [0.29, 0.717) is 19.4 Å². The van der Waals surface area contributed by atoms with Gasteiger partial charge in [-0.3, -0.25) is 9.59 Å². The van der Waals surface area contributed by atoms with E-state index in [1.807, 2.05) is 23.1 Å². The summed E-state index contributed by atoms with van der Waals surface area (Å²) in [5.41, 5.74) is 1.22. The highest BCUT2D eigenvalue weighted by Gasteiger charge is 2.40. The maximum atomic E-state index is 12.5. The predicted molar refractivity (Wildman–Crippen MR) is 89.9 cm³/mol. The molecule has 124 valence electrons. The van der Waals surface area contributed by atoms with Crippen molar-refractivity contribution in [2.75, 3.05) is 6.54 Å². The fourth-order valence-electron chi connectivity index (χ4n) is 3.87. The lowest BCUT2D eigenvalue weighted by Gasteiger charge is -2.35. The van der Waals surface area contributed by atoms with Crippen molar-refractivity contribution in [1.82, 2.24) is 10.2 Å². The highest BCUT2D eigenvalue weighted by Crippen LogP contribution is 2.30. The number of nitrogens with one attached hydrogen (secondary N) is 1. The molecule has 1 atom stereocenters. The predicted octanol–water partition coefficient (Wildman–Crippen LogP) is 2.67. The molecule has 0 aromatic heterocycles. The molecule has 2 aliphatic rings. The Labute approximate surface area is 138 Å². The third kappa shape index (κ3) is 3.92. The quantitative estimate of drug-likeness (QED) is 0.908. The van der Waals surface area contributed by atoms with Crippen LogP contribution in [0, 0.1) is 0 Å². The van der Waals surface area contributed by atoms with Gasteiger partial charge in [0, 0.05) is 19.0 Å². The molecular weight excluding hydrogens is 288 g/mol. The summed E-state index contributed by atoms with van der Waals surface area (Å²) in [7, 11) is 0. The van der Waals surface area contributed by atoms with E-state index in [9.17, 15) is 9.59 Å². The number of carbonyl (C=O) groups is 2. The number of nitrogens with zero attached hydrogens (tertiary/aromatic N) is 1. The minimum atomic E-state index is -0.249. The van der Waals surface area contributed by atoms with Crippen molar-refractivity contribution in [2.24, 2.45) is 0 Å². The summed E-state index contributed by atoms with van der Waals surface area (Å²) in [6, 6.07) is 10.2. The van der Waals surface area contributed by atoms with Gasteiger partial charge < -0.3 is 10.2 Å². The first-order valence-corrected chi connectivity index (χ1v) is 8.88. The van der Waals surface area contributed by atoms with Crippen molar-refractivity contribution in [3.63, 3.8) is 0 Å². The summed E-state index contributed by atoms with van der Waals surface area (Å²) in [4.78, 5) is 26.7. The number of benzene rings is 1. The number of hydrogen-bond donors (Lipinski definition) is 1. The SMILES string of the molecule is O=C(NCCc1ccccc1)C1CCC(=O)N1C1CCCCC1. The van der Waals surface area contributed by atoms with Crippen molar-refractivity contribution in [3.05, 3.63) is 35.9 Å². The first kappa shape index (κ1) is 16.0. The molecule has 23 heavy (non-hydrogen) atoms. The van der Waals surface area contributed by atoms with Crippen LogP contribution in [0.2, 0.25) is 0 Å². The topological polar surface area (TPSA) is 49.4 Å². The van der Waals surface area contributed by atoms with Crippen LogP contribution in [0.1, 0.15) is 50.5 Å². The molecule has 4 nitrogen and oxygen atoms in total. The van der Waals surface area contributed by atoms with Gasteiger partial charge in [0.25, 0.3) is 0 Å². The van der Waals surface area contributed by atoms with E-state index < -0.39 is 0 Å². The zero-order chi connectivity index (χ0) is 16.1. The van der Waals surface area contributed by atoms with E-state index >= 15 is 0 Å². The van der Waals surface area contributed by atoms with Crippen LogP contribution in [-0.2, 0) is 16.0 Å². The van der Waals surface area contributed by atoms with Crippen LogP contribution in [-0.4, -0.2) is 35.3 Å². The first-order chi connectivity index (χ1) is 11.3. The standard InChI is InChI=1S/C19H26N2O2/c22-18-12-11-17(21(18)16-9-5-2-6-10-16)19(23)20-14-13-15-7-3-1-4-8-15/h1,3-4,7-8,16-17H,2,5-6,9-14H2,(H,20,23). The first-order valence-electron chi connectivity index (χ1n) is 8.88.